The van der Waals surface area contributed by atoms with Gasteiger partial charge in [-0.1, -0.05) is 29.8 Å². The van der Waals surface area contributed by atoms with Crippen LogP contribution in [0.1, 0.15) is 18.9 Å². The highest BCUT2D eigenvalue weighted by molar-refractivity contribution is 6.32. The number of halogens is 2. The van der Waals surface area contributed by atoms with E-state index in [4.69, 9.17) is 16.3 Å². The van der Waals surface area contributed by atoms with Crippen LogP contribution in [0, 0.1) is 5.82 Å². The Hall–Kier alpha value is -1.35. The van der Waals surface area contributed by atoms with Gasteiger partial charge in [0.1, 0.15) is 5.82 Å². The first-order chi connectivity index (χ1) is 7.65. The standard InChI is InChI=1S/C12H12ClFO2/c1-2-16-12(15)8-3-5-9-10(13)6-4-7-11(9)14/h3-7H,2,8H2,1H3. The molecule has 0 N–H and O–H groups in total. The smallest absolute Gasteiger partial charge is 0.309 e. The summed E-state index contributed by atoms with van der Waals surface area (Å²) in [6.45, 7) is 2.07. The third kappa shape index (κ3) is 3.66. The van der Waals surface area contributed by atoms with Crippen molar-refractivity contribution in [2.45, 2.75) is 13.3 Å². The summed E-state index contributed by atoms with van der Waals surface area (Å²) in [5, 5.41) is 0.320. The fourth-order valence-electron chi connectivity index (χ4n) is 1.16. The van der Waals surface area contributed by atoms with E-state index >= 15 is 0 Å². The molecule has 0 aliphatic rings. The first-order valence-corrected chi connectivity index (χ1v) is 5.29. The molecule has 0 aliphatic carbocycles. The Morgan fingerprint density at radius 3 is 2.94 bits per heavy atom. The summed E-state index contributed by atoms with van der Waals surface area (Å²) in [7, 11) is 0. The van der Waals surface area contributed by atoms with Crippen LogP contribution in [-0.2, 0) is 9.53 Å². The van der Waals surface area contributed by atoms with Crippen molar-refractivity contribution in [3.05, 3.63) is 40.7 Å². The van der Waals surface area contributed by atoms with Crippen LogP contribution in [-0.4, -0.2) is 12.6 Å². The molecule has 0 atom stereocenters. The second-order valence-corrected chi connectivity index (χ2v) is 3.45. The number of rotatable bonds is 4. The molecular weight excluding hydrogens is 231 g/mol. The van der Waals surface area contributed by atoms with Crippen LogP contribution in [0.3, 0.4) is 0 Å². The van der Waals surface area contributed by atoms with Gasteiger partial charge in [-0.25, -0.2) is 4.39 Å². The molecule has 1 aromatic rings. The zero-order chi connectivity index (χ0) is 12.0. The lowest BCUT2D eigenvalue weighted by atomic mass is 10.2. The highest BCUT2D eigenvalue weighted by Crippen LogP contribution is 2.20. The molecule has 16 heavy (non-hydrogen) atoms. The maximum Gasteiger partial charge on any atom is 0.309 e. The van der Waals surface area contributed by atoms with Gasteiger partial charge in [-0.3, -0.25) is 4.79 Å². The second-order valence-electron chi connectivity index (χ2n) is 3.05. The lowest BCUT2D eigenvalue weighted by molar-refractivity contribution is -0.142. The molecule has 0 radical (unpaired) electrons. The Morgan fingerprint density at radius 1 is 1.56 bits per heavy atom. The molecular formula is C12H12ClFO2. The molecule has 0 fully saturated rings. The van der Waals surface area contributed by atoms with Crippen molar-refractivity contribution in [1.29, 1.82) is 0 Å². The van der Waals surface area contributed by atoms with E-state index in [-0.39, 0.29) is 18.0 Å². The molecule has 86 valence electrons. The summed E-state index contributed by atoms with van der Waals surface area (Å²) in [5.74, 6) is -0.751. The molecule has 0 aromatic heterocycles. The van der Waals surface area contributed by atoms with Gasteiger partial charge in [-0.05, 0) is 19.1 Å². The van der Waals surface area contributed by atoms with Crippen LogP contribution in [0.2, 0.25) is 5.02 Å². The second kappa shape index (κ2) is 6.28. The fourth-order valence-corrected chi connectivity index (χ4v) is 1.39. The molecule has 0 unspecified atom stereocenters. The monoisotopic (exact) mass is 242 g/mol. The quantitative estimate of drug-likeness (QED) is 0.756. The highest BCUT2D eigenvalue weighted by atomic mass is 35.5. The summed E-state index contributed by atoms with van der Waals surface area (Å²) in [6.07, 6.45) is 3.12. The Kier molecular flexibility index (Phi) is 4.99. The first kappa shape index (κ1) is 12.7. The number of hydrogen-bond acceptors (Lipinski definition) is 2. The maximum atomic E-state index is 13.3. The summed E-state index contributed by atoms with van der Waals surface area (Å²) in [6, 6.07) is 4.44. The van der Waals surface area contributed by atoms with E-state index in [1.165, 1.54) is 24.3 Å². The topological polar surface area (TPSA) is 26.3 Å². The number of carbonyl (C=O) groups is 1. The molecule has 1 aromatic carbocycles. The predicted molar refractivity (Wildman–Crippen MR) is 61.7 cm³/mol. The minimum atomic E-state index is -0.410. The SMILES string of the molecule is CCOC(=O)CC=Cc1c(F)cccc1Cl. The number of carbonyl (C=O) groups excluding carboxylic acids is 1. The summed E-state index contributed by atoms with van der Waals surface area (Å²) >= 11 is 5.80. The Balaban J connectivity index is 2.66. The molecule has 0 heterocycles. The van der Waals surface area contributed by atoms with Gasteiger partial charge in [0.25, 0.3) is 0 Å². The van der Waals surface area contributed by atoms with Crippen LogP contribution in [0.15, 0.2) is 24.3 Å². The van der Waals surface area contributed by atoms with Gasteiger partial charge in [0.2, 0.25) is 0 Å². The van der Waals surface area contributed by atoms with Crippen molar-refractivity contribution < 1.29 is 13.9 Å². The molecule has 4 heteroatoms. The van der Waals surface area contributed by atoms with Gasteiger partial charge in [0.05, 0.1) is 18.1 Å². The number of esters is 1. The first-order valence-electron chi connectivity index (χ1n) is 4.91. The van der Waals surface area contributed by atoms with E-state index < -0.39 is 5.82 Å². The number of hydrogen-bond donors (Lipinski definition) is 0. The van der Waals surface area contributed by atoms with Crippen LogP contribution < -0.4 is 0 Å². The lowest BCUT2D eigenvalue weighted by Gasteiger charge is -2.00. The summed E-state index contributed by atoms with van der Waals surface area (Å²) < 4.78 is 18.0. The van der Waals surface area contributed by atoms with Crippen molar-refractivity contribution >= 4 is 23.6 Å². The van der Waals surface area contributed by atoms with E-state index in [9.17, 15) is 9.18 Å². The molecule has 0 bridgehead atoms. The van der Waals surface area contributed by atoms with Crippen LogP contribution in [0.25, 0.3) is 6.08 Å². The Labute approximate surface area is 98.7 Å². The lowest BCUT2D eigenvalue weighted by Crippen LogP contribution is -2.01. The zero-order valence-electron chi connectivity index (χ0n) is 8.87. The third-order valence-electron chi connectivity index (χ3n) is 1.87. The number of ether oxygens (including phenoxy) is 1. The van der Waals surface area contributed by atoms with Crippen molar-refractivity contribution in [3.63, 3.8) is 0 Å². The van der Waals surface area contributed by atoms with Crippen molar-refractivity contribution in [2.75, 3.05) is 6.61 Å². The van der Waals surface area contributed by atoms with Gasteiger partial charge >= 0.3 is 5.97 Å². The van der Waals surface area contributed by atoms with Crippen molar-refractivity contribution in [2.24, 2.45) is 0 Å². The van der Waals surface area contributed by atoms with E-state index in [1.807, 2.05) is 0 Å². The van der Waals surface area contributed by atoms with E-state index in [2.05, 4.69) is 0 Å². The molecule has 1 rings (SSSR count). The predicted octanol–water partition coefficient (Wildman–Crippen LogP) is 3.45. The maximum absolute atomic E-state index is 13.3. The highest BCUT2D eigenvalue weighted by Gasteiger charge is 2.03. The van der Waals surface area contributed by atoms with Crippen molar-refractivity contribution in [1.82, 2.24) is 0 Å². The fraction of sp³-hybridized carbons (Fsp3) is 0.250. The average molecular weight is 243 g/mol. The number of benzene rings is 1. The van der Waals surface area contributed by atoms with Gasteiger partial charge in [-0.15, -0.1) is 0 Å². The minimum Gasteiger partial charge on any atom is -0.466 e. The molecule has 2 nitrogen and oxygen atoms in total. The molecule has 0 amide bonds. The van der Waals surface area contributed by atoms with E-state index in [1.54, 1.807) is 13.0 Å². The Morgan fingerprint density at radius 2 is 2.31 bits per heavy atom. The van der Waals surface area contributed by atoms with Gasteiger partial charge in [0.15, 0.2) is 0 Å². The normalized spacial score (nSPS) is 10.7. The van der Waals surface area contributed by atoms with E-state index in [0.29, 0.717) is 11.6 Å². The third-order valence-corrected chi connectivity index (χ3v) is 2.20. The molecule has 0 aliphatic heterocycles. The van der Waals surface area contributed by atoms with Gasteiger partial charge < -0.3 is 4.74 Å². The minimum absolute atomic E-state index is 0.110. The summed E-state index contributed by atoms with van der Waals surface area (Å²) in [4.78, 5) is 11.0. The summed E-state index contributed by atoms with van der Waals surface area (Å²) in [5.41, 5.74) is 0.286. The van der Waals surface area contributed by atoms with Crippen molar-refractivity contribution in [3.8, 4) is 0 Å². The average Bonchev–Trinajstić information content (AvgIpc) is 2.23. The largest absolute Gasteiger partial charge is 0.466 e. The van der Waals surface area contributed by atoms with Crippen LogP contribution >= 0.6 is 11.6 Å². The molecule has 0 saturated heterocycles. The van der Waals surface area contributed by atoms with E-state index in [0.717, 1.165) is 0 Å². The molecule has 0 spiro atoms. The Bertz CT molecular complexity index is 382. The van der Waals surface area contributed by atoms with Crippen LogP contribution in [0.5, 0.6) is 0 Å². The van der Waals surface area contributed by atoms with Crippen LogP contribution in [0.4, 0.5) is 4.39 Å². The van der Waals surface area contributed by atoms with Gasteiger partial charge in [0, 0.05) is 5.56 Å². The molecule has 0 saturated carbocycles. The van der Waals surface area contributed by atoms with Gasteiger partial charge in [-0.2, -0.15) is 0 Å². The zero-order valence-corrected chi connectivity index (χ0v) is 9.63.